The van der Waals surface area contributed by atoms with Gasteiger partial charge in [0.2, 0.25) is 0 Å². The third-order valence-corrected chi connectivity index (χ3v) is 3.53. The van der Waals surface area contributed by atoms with Crippen LogP contribution < -0.4 is 5.32 Å². The molecule has 1 fully saturated rings. The Hall–Kier alpha value is -0.810. The molecule has 0 saturated carbocycles. The minimum absolute atomic E-state index is 0.137. The van der Waals surface area contributed by atoms with Gasteiger partial charge in [0, 0.05) is 31.8 Å². The predicted molar refractivity (Wildman–Crippen MR) is 79.9 cm³/mol. The molecule has 0 aromatic heterocycles. The topological polar surface area (TPSA) is 50.8 Å². The first kappa shape index (κ1) is 17.2. The lowest BCUT2D eigenvalue weighted by molar-refractivity contribution is 0.00571. The fourth-order valence-electron chi connectivity index (χ4n) is 2.61. The Balaban J connectivity index is 2.59. The summed E-state index contributed by atoms with van der Waals surface area (Å²) in [6.07, 6.45) is 1.87. The Morgan fingerprint density at radius 3 is 2.65 bits per heavy atom. The van der Waals surface area contributed by atoms with Crippen molar-refractivity contribution in [2.45, 2.75) is 71.2 Å². The summed E-state index contributed by atoms with van der Waals surface area (Å²) in [5, 5.41) is 3.54. The van der Waals surface area contributed by atoms with Crippen LogP contribution in [0, 0.1) is 0 Å². The number of ether oxygens (including phenoxy) is 2. The SMILES string of the molecule is COCC(C)NC1CCCN(C(=O)OC(C)(C)C)C1C. The van der Waals surface area contributed by atoms with Crippen LogP contribution in [-0.2, 0) is 9.47 Å². The van der Waals surface area contributed by atoms with Gasteiger partial charge in [-0.15, -0.1) is 0 Å². The highest BCUT2D eigenvalue weighted by molar-refractivity contribution is 5.68. The normalized spacial score (nSPS) is 25.4. The van der Waals surface area contributed by atoms with Crippen molar-refractivity contribution in [1.82, 2.24) is 10.2 Å². The van der Waals surface area contributed by atoms with Crippen molar-refractivity contribution in [1.29, 1.82) is 0 Å². The van der Waals surface area contributed by atoms with Crippen LogP contribution >= 0.6 is 0 Å². The maximum Gasteiger partial charge on any atom is 0.410 e. The third kappa shape index (κ3) is 5.29. The van der Waals surface area contributed by atoms with Crippen molar-refractivity contribution in [3.63, 3.8) is 0 Å². The highest BCUT2D eigenvalue weighted by atomic mass is 16.6. The lowest BCUT2D eigenvalue weighted by Gasteiger charge is -2.41. The molecule has 5 heteroatoms. The molecule has 0 aromatic rings. The van der Waals surface area contributed by atoms with Gasteiger partial charge < -0.3 is 19.7 Å². The molecule has 0 radical (unpaired) electrons. The lowest BCUT2D eigenvalue weighted by Crippen LogP contribution is -2.57. The summed E-state index contributed by atoms with van der Waals surface area (Å²) in [6, 6.07) is 0.713. The lowest BCUT2D eigenvalue weighted by atomic mass is 9.97. The first-order valence-electron chi connectivity index (χ1n) is 7.49. The van der Waals surface area contributed by atoms with Crippen molar-refractivity contribution in [2.75, 3.05) is 20.3 Å². The molecule has 20 heavy (non-hydrogen) atoms. The number of rotatable bonds is 4. The summed E-state index contributed by atoms with van der Waals surface area (Å²) in [7, 11) is 1.70. The molecule has 0 spiro atoms. The molecule has 5 nitrogen and oxygen atoms in total. The van der Waals surface area contributed by atoms with Gasteiger partial charge in [-0.2, -0.15) is 0 Å². The van der Waals surface area contributed by atoms with E-state index in [0.717, 1.165) is 19.4 Å². The van der Waals surface area contributed by atoms with E-state index in [9.17, 15) is 4.79 Å². The number of piperidine rings is 1. The summed E-state index contributed by atoms with van der Waals surface area (Å²) >= 11 is 0. The zero-order valence-corrected chi connectivity index (χ0v) is 13.7. The molecule has 1 N–H and O–H groups in total. The Labute approximate surface area is 123 Å². The molecule has 3 atom stereocenters. The van der Waals surface area contributed by atoms with Gasteiger partial charge in [-0.3, -0.25) is 0 Å². The largest absolute Gasteiger partial charge is 0.444 e. The van der Waals surface area contributed by atoms with Crippen molar-refractivity contribution < 1.29 is 14.3 Å². The van der Waals surface area contributed by atoms with E-state index >= 15 is 0 Å². The van der Waals surface area contributed by atoms with E-state index in [1.165, 1.54) is 0 Å². The Morgan fingerprint density at radius 2 is 2.10 bits per heavy atom. The van der Waals surface area contributed by atoms with E-state index in [2.05, 4.69) is 19.2 Å². The highest BCUT2D eigenvalue weighted by Gasteiger charge is 2.34. The molecule has 1 saturated heterocycles. The molecule has 1 aliphatic rings. The number of hydrogen-bond acceptors (Lipinski definition) is 4. The zero-order chi connectivity index (χ0) is 15.3. The van der Waals surface area contributed by atoms with Crippen LogP contribution in [0.15, 0.2) is 0 Å². The number of carbonyl (C=O) groups excluding carboxylic acids is 1. The standard InChI is InChI=1S/C15H30N2O3/c1-11(10-19-6)16-13-8-7-9-17(12(13)2)14(18)20-15(3,4)5/h11-13,16H,7-10H2,1-6H3. The number of methoxy groups -OCH3 is 1. The Morgan fingerprint density at radius 1 is 1.45 bits per heavy atom. The van der Waals surface area contributed by atoms with E-state index in [1.807, 2.05) is 25.7 Å². The van der Waals surface area contributed by atoms with Crippen LogP contribution in [0.25, 0.3) is 0 Å². The van der Waals surface area contributed by atoms with E-state index in [0.29, 0.717) is 12.6 Å². The predicted octanol–water partition coefficient (Wildman–Crippen LogP) is 2.40. The van der Waals surface area contributed by atoms with Crippen molar-refractivity contribution in [3.05, 3.63) is 0 Å². The van der Waals surface area contributed by atoms with E-state index in [1.54, 1.807) is 7.11 Å². The fourth-order valence-corrected chi connectivity index (χ4v) is 2.61. The summed E-state index contributed by atoms with van der Waals surface area (Å²) in [4.78, 5) is 14.1. The number of hydrogen-bond donors (Lipinski definition) is 1. The number of nitrogens with one attached hydrogen (secondary N) is 1. The molecular formula is C15H30N2O3. The number of amides is 1. The van der Waals surface area contributed by atoms with Crippen LogP contribution in [0.2, 0.25) is 0 Å². The van der Waals surface area contributed by atoms with E-state index in [4.69, 9.17) is 9.47 Å². The van der Waals surface area contributed by atoms with Gasteiger partial charge in [0.1, 0.15) is 5.60 Å². The number of nitrogens with zero attached hydrogens (tertiary/aromatic N) is 1. The smallest absolute Gasteiger partial charge is 0.410 e. The van der Waals surface area contributed by atoms with E-state index < -0.39 is 5.60 Å². The Bertz CT molecular complexity index is 315. The molecule has 1 amide bonds. The van der Waals surface area contributed by atoms with Gasteiger partial charge in [0.05, 0.1) is 6.61 Å². The monoisotopic (exact) mass is 286 g/mol. The second-order valence-corrected chi connectivity index (χ2v) is 6.69. The van der Waals surface area contributed by atoms with Crippen LogP contribution in [0.3, 0.4) is 0 Å². The summed E-state index contributed by atoms with van der Waals surface area (Å²) in [6.45, 7) is 11.3. The van der Waals surface area contributed by atoms with Crippen molar-refractivity contribution >= 4 is 6.09 Å². The van der Waals surface area contributed by atoms with E-state index in [-0.39, 0.29) is 18.2 Å². The summed E-state index contributed by atoms with van der Waals surface area (Å²) < 4.78 is 10.6. The van der Waals surface area contributed by atoms with Crippen LogP contribution in [0.4, 0.5) is 4.79 Å². The first-order chi connectivity index (χ1) is 9.24. The van der Waals surface area contributed by atoms with Crippen LogP contribution in [-0.4, -0.2) is 55.0 Å². The second-order valence-electron chi connectivity index (χ2n) is 6.69. The van der Waals surface area contributed by atoms with Gasteiger partial charge >= 0.3 is 6.09 Å². The maximum absolute atomic E-state index is 12.2. The molecule has 3 unspecified atom stereocenters. The summed E-state index contributed by atoms with van der Waals surface area (Å²) in [5.74, 6) is 0. The third-order valence-electron chi connectivity index (χ3n) is 3.53. The fraction of sp³-hybridized carbons (Fsp3) is 0.933. The van der Waals surface area contributed by atoms with Crippen molar-refractivity contribution in [2.24, 2.45) is 0 Å². The Kier molecular flexibility index (Phi) is 6.27. The van der Waals surface area contributed by atoms with Crippen LogP contribution in [0.5, 0.6) is 0 Å². The quantitative estimate of drug-likeness (QED) is 0.862. The van der Waals surface area contributed by atoms with Gasteiger partial charge in [-0.25, -0.2) is 4.79 Å². The van der Waals surface area contributed by atoms with Gasteiger partial charge in [-0.05, 0) is 47.5 Å². The molecule has 1 heterocycles. The average Bonchev–Trinajstić information content (AvgIpc) is 2.29. The average molecular weight is 286 g/mol. The molecule has 1 rings (SSSR count). The molecule has 0 bridgehead atoms. The second kappa shape index (κ2) is 7.27. The van der Waals surface area contributed by atoms with Gasteiger partial charge in [0.25, 0.3) is 0 Å². The first-order valence-corrected chi connectivity index (χ1v) is 7.49. The summed E-state index contributed by atoms with van der Waals surface area (Å²) in [5.41, 5.74) is -0.444. The van der Waals surface area contributed by atoms with Gasteiger partial charge in [0.15, 0.2) is 0 Å². The minimum atomic E-state index is -0.444. The number of likely N-dealkylation sites (tertiary alicyclic amines) is 1. The molecule has 118 valence electrons. The van der Waals surface area contributed by atoms with Gasteiger partial charge in [-0.1, -0.05) is 0 Å². The minimum Gasteiger partial charge on any atom is -0.444 e. The highest BCUT2D eigenvalue weighted by Crippen LogP contribution is 2.21. The maximum atomic E-state index is 12.2. The molecular weight excluding hydrogens is 256 g/mol. The molecule has 0 aliphatic carbocycles. The number of carbonyl (C=O) groups is 1. The molecule has 0 aromatic carbocycles. The van der Waals surface area contributed by atoms with Crippen molar-refractivity contribution in [3.8, 4) is 0 Å². The zero-order valence-electron chi connectivity index (χ0n) is 13.7. The van der Waals surface area contributed by atoms with Crippen LogP contribution in [0.1, 0.15) is 47.5 Å². The molecule has 1 aliphatic heterocycles.